The second-order valence-electron chi connectivity index (χ2n) is 17.0. The number of hydrogen-bond donors (Lipinski definition) is 4. The highest BCUT2D eigenvalue weighted by Crippen LogP contribution is 2.16. The van der Waals surface area contributed by atoms with Crippen LogP contribution in [0.4, 0.5) is 0 Å². The number of rotatable bonds is 45. The summed E-state index contributed by atoms with van der Waals surface area (Å²) in [4.78, 5) is 12.5. The Balaban J connectivity index is 3.61. The molecule has 0 aromatic carbocycles. The van der Waals surface area contributed by atoms with Crippen molar-refractivity contribution in [3.63, 3.8) is 0 Å². The summed E-state index contributed by atoms with van der Waals surface area (Å²) in [7, 11) is 0. The van der Waals surface area contributed by atoms with Gasteiger partial charge in [0.15, 0.2) is 0 Å². The summed E-state index contributed by atoms with van der Waals surface area (Å²) in [5, 5.41) is 33.2. The fourth-order valence-electron chi connectivity index (χ4n) is 7.65. The van der Waals surface area contributed by atoms with Gasteiger partial charge in [-0.15, -0.1) is 0 Å². The summed E-state index contributed by atoms with van der Waals surface area (Å²) in [6.45, 7) is 4.20. The van der Waals surface area contributed by atoms with Crippen LogP contribution in [0.2, 0.25) is 0 Å². The predicted octanol–water partition coefficient (Wildman–Crippen LogP) is 14.6. The molecule has 0 spiro atoms. The van der Waals surface area contributed by atoms with Gasteiger partial charge in [0.1, 0.15) is 6.10 Å². The maximum Gasteiger partial charge on any atom is 0.249 e. The van der Waals surface area contributed by atoms with Crippen LogP contribution in [0.25, 0.3) is 0 Å². The zero-order valence-corrected chi connectivity index (χ0v) is 37.1. The Morgan fingerprint density at radius 1 is 0.436 bits per heavy atom. The zero-order valence-electron chi connectivity index (χ0n) is 37.1. The standard InChI is InChI=1S/C50H97NO4/c1-3-5-7-9-11-13-15-17-19-21-22-23-24-25-26-27-29-31-33-35-37-39-41-43-45-49(54)50(55)51-47(46-52)48(53)44-42-40-38-36-34-32-30-28-20-18-16-14-12-10-8-6-4-2/h25-26,42,44,47-49,52-54H,3-24,27-41,43,45-46H2,1-2H3,(H,51,55)/b26-25-,44-42+. The van der Waals surface area contributed by atoms with E-state index in [0.717, 1.165) is 32.1 Å². The molecule has 0 fully saturated rings. The van der Waals surface area contributed by atoms with Gasteiger partial charge in [-0.1, -0.05) is 244 Å². The molecular formula is C50H97NO4. The molecule has 4 N–H and O–H groups in total. The lowest BCUT2D eigenvalue weighted by Gasteiger charge is -2.21. The summed E-state index contributed by atoms with van der Waals surface area (Å²) in [5.41, 5.74) is 0. The number of aliphatic hydroxyl groups excluding tert-OH is 3. The minimum absolute atomic E-state index is 0.362. The zero-order chi connectivity index (χ0) is 40.1. The molecule has 5 heteroatoms. The van der Waals surface area contributed by atoms with Gasteiger partial charge in [0.2, 0.25) is 5.91 Å². The smallest absolute Gasteiger partial charge is 0.249 e. The van der Waals surface area contributed by atoms with Crippen LogP contribution >= 0.6 is 0 Å². The first-order valence-corrected chi connectivity index (χ1v) is 24.7. The van der Waals surface area contributed by atoms with E-state index in [1.165, 1.54) is 212 Å². The molecule has 5 nitrogen and oxygen atoms in total. The molecule has 0 bridgehead atoms. The van der Waals surface area contributed by atoms with Gasteiger partial charge >= 0.3 is 0 Å². The van der Waals surface area contributed by atoms with Crippen molar-refractivity contribution in [2.24, 2.45) is 0 Å². The van der Waals surface area contributed by atoms with Crippen molar-refractivity contribution in [2.75, 3.05) is 6.61 Å². The SMILES string of the molecule is CCCCCCCCCCCCCC/C=C\CCCCCCCCCCC(O)C(=O)NC(CO)C(O)/C=C/CCCCCCCCCCCCCCCCC. The van der Waals surface area contributed by atoms with E-state index in [9.17, 15) is 20.1 Å². The van der Waals surface area contributed by atoms with Gasteiger partial charge in [-0.25, -0.2) is 0 Å². The average molecular weight is 776 g/mol. The van der Waals surface area contributed by atoms with Gasteiger partial charge in [-0.05, 0) is 44.9 Å². The number of nitrogens with one attached hydrogen (secondary N) is 1. The van der Waals surface area contributed by atoms with Crippen molar-refractivity contribution in [3.8, 4) is 0 Å². The van der Waals surface area contributed by atoms with Gasteiger partial charge < -0.3 is 20.6 Å². The van der Waals surface area contributed by atoms with E-state index < -0.39 is 24.2 Å². The number of carbonyl (C=O) groups excluding carboxylic acids is 1. The maximum absolute atomic E-state index is 12.5. The fraction of sp³-hybridized carbons (Fsp3) is 0.900. The summed E-state index contributed by atoms with van der Waals surface area (Å²) in [6.07, 6.45) is 56.5. The number of allylic oxidation sites excluding steroid dienone is 3. The van der Waals surface area contributed by atoms with Crippen molar-refractivity contribution in [1.82, 2.24) is 5.32 Å². The molecule has 3 atom stereocenters. The number of aliphatic hydroxyl groups is 3. The van der Waals surface area contributed by atoms with E-state index in [1.54, 1.807) is 6.08 Å². The lowest BCUT2D eigenvalue weighted by Crippen LogP contribution is -2.48. The van der Waals surface area contributed by atoms with E-state index in [-0.39, 0.29) is 6.61 Å². The Morgan fingerprint density at radius 3 is 1.05 bits per heavy atom. The second kappa shape index (κ2) is 45.5. The minimum atomic E-state index is -1.10. The van der Waals surface area contributed by atoms with Crippen LogP contribution < -0.4 is 5.32 Å². The van der Waals surface area contributed by atoms with Crippen LogP contribution in [0.1, 0.15) is 264 Å². The monoisotopic (exact) mass is 776 g/mol. The molecule has 0 aromatic rings. The molecule has 0 aliphatic carbocycles. The van der Waals surface area contributed by atoms with Crippen LogP contribution in [-0.2, 0) is 4.79 Å². The second-order valence-corrected chi connectivity index (χ2v) is 17.0. The highest BCUT2D eigenvalue weighted by atomic mass is 16.3. The number of amides is 1. The Morgan fingerprint density at radius 2 is 0.727 bits per heavy atom. The first-order chi connectivity index (χ1) is 27.1. The first-order valence-electron chi connectivity index (χ1n) is 24.7. The molecule has 0 saturated heterocycles. The highest BCUT2D eigenvalue weighted by Gasteiger charge is 2.22. The van der Waals surface area contributed by atoms with Crippen LogP contribution in [0.3, 0.4) is 0 Å². The van der Waals surface area contributed by atoms with Gasteiger partial charge in [0, 0.05) is 0 Å². The molecule has 0 aliphatic heterocycles. The molecule has 0 aromatic heterocycles. The minimum Gasteiger partial charge on any atom is -0.394 e. The predicted molar refractivity (Wildman–Crippen MR) is 241 cm³/mol. The fourth-order valence-corrected chi connectivity index (χ4v) is 7.65. The number of carbonyl (C=O) groups is 1. The van der Waals surface area contributed by atoms with Gasteiger partial charge in [-0.3, -0.25) is 4.79 Å². The van der Waals surface area contributed by atoms with E-state index in [4.69, 9.17) is 0 Å². The molecule has 0 heterocycles. The van der Waals surface area contributed by atoms with Gasteiger partial charge in [-0.2, -0.15) is 0 Å². The average Bonchev–Trinajstić information content (AvgIpc) is 3.19. The maximum atomic E-state index is 12.5. The Labute approximate surface area is 343 Å². The van der Waals surface area contributed by atoms with Crippen molar-refractivity contribution in [1.29, 1.82) is 0 Å². The lowest BCUT2D eigenvalue weighted by atomic mass is 10.0. The first kappa shape index (κ1) is 53.8. The summed E-state index contributed by atoms with van der Waals surface area (Å²) >= 11 is 0. The highest BCUT2D eigenvalue weighted by molar-refractivity contribution is 5.80. The van der Waals surface area contributed by atoms with E-state index in [1.807, 2.05) is 6.08 Å². The molecule has 0 saturated carbocycles. The lowest BCUT2D eigenvalue weighted by molar-refractivity contribution is -0.131. The van der Waals surface area contributed by atoms with Crippen LogP contribution in [0.5, 0.6) is 0 Å². The molecule has 1 amide bonds. The summed E-state index contributed by atoms with van der Waals surface area (Å²) < 4.78 is 0. The summed E-state index contributed by atoms with van der Waals surface area (Å²) in [5.74, 6) is -0.503. The summed E-state index contributed by atoms with van der Waals surface area (Å²) in [6, 6.07) is -0.797. The Hall–Kier alpha value is -1.17. The number of unbranched alkanes of at least 4 members (excludes halogenated alkanes) is 35. The normalized spacial score (nSPS) is 13.6. The molecule has 0 radical (unpaired) electrons. The van der Waals surface area contributed by atoms with Gasteiger partial charge in [0.25, 0.3) is 0 Å². The van der Waals surface area contributed by atoms with Crippen LogP contribution in [-0.4, -0.2) is 46.1 Å². The van der Waals surface area contributed by atoms with Crippen LogP contribution in [0.15, 0.2) is 24.3 Å². The van der Waals surface area contributed by atoms with E-state index >= 15 is 0 Å². The molecular weight excluding hydrogens is 679 g/mol. The molecule has 55 heavy (non-hydrogen) atoms. The molecule has 0 rings (SSSR count). The molecule has 3 unspecified atom stereocenters. The topological polar surface area (TPSA) is 89.8 Å². The molecule has 326 valence electrons. The number of hydrogen-bond acceptors (Lipinski definition) is 4. The Bertz CT molecular complexity index is 814. The van der Waals surface area contributed by atoms with Crippen molar-refractivity contribution in [2.45, 2.75) is 283 Å². The third kappa shape index (κ3) is 40.8. The van der Waals surface area contributed by atoms with Crippen LogP contribution in [0, 0.1) is 0 Å². The Kier molecular flexibility index (Phi) is 44.6. The van der Waals surface area contributed by atoms with E-state index in [2.05, 4.69) is 31.3 Å². The largest absolute Gasteiger partial charge is 0.394 e. The third-order valence-electron chi connectivity index (χ3n) is 11.5. The van der Waals surface area contributed by atoms with Gasteiger partial charge in [0.05, 0.1) is 18.8 Å². The van der Waals surface area contributed by atoms with E-state index in [0.29, 0.717) is 6.42 Å². The van der Waals surface area contributed by atoms with Crippen molar-refractivity contribution in [3.05, 3.63) is 24.3 Å². The third-order valence-corrected chi connectivity index (χ3v) is 11.5. The quantitative estimate of drug-likeness (QED) is 0.0366. The van der Waals surface area contributed by atoms with Crippen molar-refractivity contribution < 1.29 is 20.1 Å². The van der Waals surface area contributed by atoms with Crippen molar-refractivity contribution >= 4 is 5.91 Å². The molecule has 0 aliphatic rings.